The van der Waals surface area contributed by atoms with Gasteiger partial charge in [0.25, 0.3) is 5.91 Å². The van der Waals surface area contributed by atoms with Gasteiger partial charge >= 0.3 is 0 Å². The van der Waals surface area contributed by atoms with Crippen LogP contribution in [0.1, 0.15) is 39.9 Å². The maximum absolute atomic E-state index is 13.0. The molecule has 4 amide bonds. The summed E-state index contributed by atoms with van der Waals surface area (Å²) in [7, 11) is 23.6. The summed E-state index contributed by atoms with van der Waals surface area (Å²) in [6.07, 6.45) is 0.475. The Kier molecular flexibility index (Phi) is 6.90. The number of morpholine rings is 1. The van der Waals surface area contributed by atoms with Gasteiger partial charge in [0.2, 0.25) is 17.7 Å². The number of fused-ring (bicyclic) bond motifs is 1. The average molecular weight is 503 g/mol. The summed E-state index contributed by atoms with van der Waals surface area (Å²) in [6, 6.07) is 9.38. The molecule has 3 aliphatic heterocycles. The fraction of sp³-hybridized carbons (Fsp3) is 0.360. The van der Waals surface area contributed by atoms with Gasteiger partial charge in [0.15, 0.2) is 0 Å². The number of nitrogens with zero attached hydrogens (tertiary/aromatic N) is 2. The number of imide groups is 1. The fourth-order valence-corrected chi connectivity index (χ4v) is 4.82. The zero-order valence-corrected chi connectivity index (χ0v) is 20.5. The predicted molar refractivity (Wildman–Crippen MR) is 138 cm³/mol. The minimum Gasteiger partial charge on any atom is -0.489 e. The predicted octanol–water partition coefficient (Wildman–Crippen LogP) is -0.635. The molecule has 2 aromatic rings. The first kappa shape index (κ1) is 26.2. The SMILES string of the molecule is [B]C1OC([B])C([B])([B])N(Cc2ccc(COc3cccc4c3CN(C3CCC(=O)NC3=O)C4=O)cc2)C1=O. The molecule has 184 valence electrons. The van der Waals surface area contributed by atoms with E-state index in [1.54, 1.807) is 30.3 Å². The lowest BCUT2D eigenvalue weighted by molar-refractivity contribution is -0.154. The Hall–Kier alpha value is -3.46. The molecule has 1 N–H and O–H groups in total. The molecule has 3 unspecified atom stereocenters. The van der Waals surface area contributed by atoms with Crippen molar-refractivity contribution in [3.8, 4) is 5.75 Å². The summed E-state index contributed by atoms with van der Waals surface area (Å²) < 4.78 is 11.1. The van der Waals surface area contributed by atoms with E-state index in [0.717, 1.165) is 11.1 Å². The molecule has 3 atom stereocenters. The number of hydrogen-bond acceptors (Lipinski definition) is 6. The van der Waals surface area contributed by atoms with Crippen LogP contribution in [0.4, 0.5) is 0 Å². The monoisotopic (exact) mass is 503 g/mol. The van der Waals surface area contributed by atoms with Crippen LogP contribution in [0.5, 0.6) is 5.75 Å². The first-order valence-electron chi connectivity index (χ1n) is 12.1. The molecule has 0 saturated carbocycles. The Morgan fingerprint density at radius 2 is 1.74 bits per heavy atom. The zero-order chi connectivity index (χ0) is 27.2. The number of amides is 4. The van der Waals surface area contributed by atoms with Crippen LogP contribution >= 0.6 is 0 Å². The second-order valence-electron chi connectivity index (χ2n) is 9.58. The maximum Gasteiger partial charge on any atom is 0.255 e. The zero-order valence-electron chi connectivity index (χ0n) is 20.5. The van der Waals surface area contributed by atoms with Crippen LogP contribution in [-0.2, 0) is 38.8 Å². The Balaban J connectivity index is 1.25. The van der Waals surface area contributed by atoms with Gasteiger partial charge in [-0.05, 0) is 35.0 Å². The second kappa shape index (κ2) is 10.0. The van der Waals surface area contributed by atoms with Crippen LogP contribution in [0, 0.1) is 0 Å². The van der Waals surface area contributed by atoms with E-state index in [1.807, 2.05) is 12.1 Å². The van der Waals surface area contributed by atoms with Crippen molar-refractivity contribution in [1.29, 1.82) is 0 Å². The number of rotatable bonds is 6. The van der Waals surface area contributed by atoms with Crippen molar-refractivity contribution in [2.45, 2.75) is 55.9 Å². The highest BCUT2D eigenvalue weighted by atomic mass is 16.5. The van der Waals surface area contributed by atoms with Crippen molar-refractivity contribution in [3.63, 3.8) is 0 Å². The number of piperidine rings is 1. The van der Waals surface area contributed by atoms with Crippen LogP contribution in [-0.4, -0.2) is 88.2 Å². The molecule has 8 radical (unpaired) electrons. The van der Waals surface area contributed by atoms with E-state index in [0.29, 0.717) is 16.9 Å². The van der Waals surface area contributed by atoms with Crippen LogP contribution in [0.2, 0.25) is 0 Å². The molecule has 2 fully saturated rings. The van der Waals surface area contributed by atoms with Gasteiger partial charge in [-0.1, -0.05) is 30.3 Å². The lowest BCUT2D eigenvalue weighted by Gasteiger charge is -2.50. The lowest BCUT2D eigenvalue weighted by atomic mass is 9.51. The molecular formula is C25H21B4N3O6. The summed E-state index contributed by atoms with van der Waals surface area (Å²) in [6.45, 7) is 0.517. The molecule has 3 aliphatic rings. The van der Waals surface area contributed by atoms with Gasteiger partial charge in [0, 0.05) is 30.1 Å². The number of ether oxygens (including phenoxy) is 2. The number of hydrogen-bond donors (Lipinski definition) is 1. The summed E-state index contributed by atoms with van der Waals surface area (Å²) >= 11 is 0. The molecule has 5 rings (SSSR count). The number of carbonyl (C=O) groups is 4. The highest BCUT2D eigenvalue weighted by molar-refractivity contribution is 6.45. The smallest absolute Gasteiger partial charge is 0.255 e. The van der Waals surface area contributed by atoms with Crippen molar-refractivity contribution in [2.24, 2.45) is 0 Å². The molecule has 9 nitrogen and oxygen atoms in total. The van der Waals surface area contributed by atoms with Crippen molar-refractivity contribution in [1.82, 2.24) is 15.1 Å². The Labute approximate surface area is 225 Å². The lowest BCUT2D eigenvalue weighted by Crippen LogP contribution is -2.68. The molecule has 2 saturated heterocycles. The highest BCUT2D eigenvalue weighted by Gasteiger charge is 2.42. The van der Waals surface area contributed by atoms with Crippen LogP contribution in [0.15, 0.2) is 42.5 Å². The van der Waals surface area contributed by atoms with Gasteiger partial charge in [0.05, 0.1) is 28.2 Å². The molecule has 0 spiro atoms. The molecular weight excluding hydrogens is 482 g/mol. The number of carbonyl (C=O) groups excluding carboxylic acids is 4. The van der Waals surface area contributed by atoms with E-state index in [-0.39, 0.29) is 44.4 Å². The Bertz CT molecular complexity index is 1300. The van der Waals surface area contributed by atoms with Crippen molar-refractivity contribution >= 4 is 55.0 Å². The average Bonchev–Trinajstić information content (AvgIpc) is 3.22. The van der Waals surface area contributed by atoms with E-state index < -0.39 is 35.2 Å². The van der Waals surface area contributed by atoms with Crippen LogP contribution in [0.3, 0.4) is 0 Å². The standard InChI is InChI=1S/C25H21B4N3O6/c26-20-23(36)32(25(28,29)24(27)38-20)10-13-4-6-14(7-5-13)12-37-18-3-1-2-15-16(18)11-31(22(15)35)17-8-9-19(33)30-21(17)34/h1-7,17,20,24H,8-12H2,(H,30,33,34). The van der Waals surface area contributed by atoms with E-state index in [4.69, 9.17) is 40.9 Å². The summed E-state index contributed by atoms with van der Waals surface area (Å²) in [5, 5.41) is 0.578. The maximum atomic E-state index is 13.0. The van der Waals surface area contributed by atoms with Crippen LogP contribution < -0.4 is 10.1 Å². The van der Waals surface area contributed by atoms with Crippen molar-refractivity contribution < 1.29 is 28.7 Å². The molecule has 3 heterocycles. The number of benzene rings is 2. The third-order valence-electron chi connectivity index (χ3n) is 7.02. The number of nitrogens with one attached hydrogen (secondary N) is 1. The molecule has 0 aliphatic carbocycles. The Morgan fingerprint density at radius 3 is 2.45 bits per heavy atom. The third kappa shape index (κ3) is 4.75. The summed E-state index contributed by atoms with van der Waals surface area (Å²) in [4.78, 5) is 51.9. The molecule has 0 aromatic heterocycles. The van der Waals surface area contributed by atoms with Gasteiger partial charge in [-0.2, -0.15) is 0 Å². The fourth-order valence-electron chi connectivity index (χ4n) is 4.82. The first-order valence-corrected chi connectivity index (χ1v) is 12.1. The quantitative estimate of drug-likeness (QED) is 0.416. The summed E-state index contributed by atoms with van der Waals surface area (Å²) in [5.74, 6) is -1.10. The van der Waals surface area contributed by atoms with Gasteiger partial charge in [-0.15, -0.1) is 0 Å². The van der Waals surface area contributed by atoms with E-state index in [1.165, 1.54) is 9.80 Å². The normalized spacial score (nSPS) is 24.8. The van der Waals surface area contributed by atoms with E-state index in [9.17, 15) is 19.2 Å². The Morgan fingerprint density at radius 1 is 1.03 bits per heavy atom. The molecule has 0 bridgehead atoms. The van der Waals surface area contributed by atoms with E-state index in [2.05, 4.69) is 5.32 Å². The topological polar surface area (TPSA) is 105 Å². The van der Waals surface area contributed by atoms with Gasteiger partial charge in [0.1, 0.15) is 34.1 Å². The van der Waals surface area contributed by atoms with Crippen molar-refractivity contribution in [3.05, 3.63) is 64.7 Å². The largest absolute Gasteiger partial charge is 0.489 e. The van der Waals surface area contributed by atoms with Gasteiger partial charge < -0.3 is 19.3 Å². The second-order valence-corrected chi connectivity index (χ2v) is 9.58. The molecule has 2 aromatic carbocycles. The third-order valence-corrected chi connectivity index (χ3v) is 7.02. The first-order chi connectivity index (χ1) is 18.1. The van der Waals surface area contributed by atoms with E-state index >= 15 is 0 Å². The van der Waals surface area contributed by atoms with Gasteiger partial charge in [-0.3, -0.25) is 24.5 Å². The minimum atomic E-state index is -1.72. The highest BCUT2D eigenvalue weighted by Crippen LogP contribution is 2.34. The molecule has 38 heavy (non-hydrogen) atoms. The minimum absolute atomic E-state index is 0.0855. The van der Waals surface area contributed by atoms with Gasteiger partial charge in [-0.25, -0.2) is 0 Å². The van der Waals surface area contributed by atoms with Crippen LogP contribution in [0.25, 0.3) is 0 Å². The summed E-state index contributed by atoms with van der Waals surface area (Å²) in [5.41, 5.74) is 2.75. The van der Waals surface area contributed by atoms with Crippen molar-refractivity contribution in [2.75, 3.05) is 0 Å². The molecule has 13 heteroatoms.